The Bertz CT molecular complexity index is 480. The van der Waals surface area contributed by atoms with Gasteiger partial charge in [-0.3, -0.25) is 0 Å². The summed E-state index contributed by atoms with van der Waals surface area (Å²) in [5.74, 6) is 1.63. The molecule has 0 bridgehead atoms. The lowest BCUT2D eigenvalue weighted by atomic mass is 10.5. The van der Waals surface area contributed by atoms with Crippen molar-refractivity contribution in [3.8, 4) is 0 Å². The molecule has 2 aromatic rings. The van der Waals surface area contributed by atoms with E-state index in [1.807, 2.05) is 0 Å². The van der Waals surface area contributed by atoms with Crippen LogP contribution in [0.25, 0.3) is 0 Å². The van der Waals surface area contributed by atoms with Crippen molar-refractivity contribution in [1.82, 2.24) is 25.7 Å². The lowest BCUT2D eigenvalue weighted by molar-refractivity contribution is 0.388. The predicted octanol–water partition coefficient (Wildman–Crippen LogP) is 0.873. The fourth-order valence-corrected chi connectivity index (χ4v) is 1.34. The molecule has 2 rings (SSSR count). The maximum Gasteiger partial charge on any atom is 0.315 e. The Kier molecular flexibility index (Phi) is 4.24. The molecule has 0 spiro atoms. The van der Waals surface area contributed by atoms with Gasteiger partial charge >= 0.3 is 6.01 Å². The standard InChI is InChI=1S/C10H16N6O2/c1-3-4-11-6-9-14-15-10(17-9)12-5-8-13-7(2)18-16-8/h11H,3-6H2,1-2H3,(H,12,15). The second kappa shape index (κ2) is 6.10. The second-order valence-corrected chi connectivity index (χ2v) is 3.76. The Balaban J connectivity index is 1.79. The van der Waals surface area contributed by atoms with Crippen LogP contribution in [-0.4, -0.2) is 26.9 Å². The van der Waals surface area contributed by atoms with Crippen LogP contribution in [-0.2, 0) is 13.1 Å². The number of nitrogens with one attached hydrogen (secondary N) is 2. The quantitative estimate of drug-likeness (QED) is 0.700. The Labute approximate surface area is 104 Å². The third kappa shape index (κ3) is 3.52. The first-order valence-electron chi connectivity index (χ1n) is 5.84. The van der Waals surface area contributed by atoms with Crippen LogP contribution in [0, 0.1) is 6.92 Å². The Hall–Kier alpha value is -1.96. The third-order valence-electron chi connectivity index (χ3n) is 2.14. The van der Waals surface area contributed by atoms with E-state index in [4.69, 9.17) is 8.94 Å². The number of hydrogen-bond acceptors (Lipinski definition) is 8. The lowest BCUT2D eigenvalue weighted by Gasteiger charge is -1.97. The smallest absolute Gasteiger partial charge is 0.315 e. The minimum Gasteiger partial charge on any atom is -0.407 e. The summed E-state index contributed by atoms with van der Waals surface area (Å²) in [5, 5.41) is 17.6. The van der Waals surface area contributed by atoms with E-state index in [0.29, 0.717) is 36.7 Å². The van der Waals surface area contributed by atoms with Gasteiger partial charge in [-0.05, 0) is 13.0 Å². The third-order valence-corrected chi connectivity index (χ3v) is 2.14. The van der Waals surface area contributed by atoms with E-state index in [9.17, 15) is 0 Å². The molecule has 2 N–H and O–H groups in total. The van der Waals surface area contributed by atoms with Crippen LogP contribution < -0.4 is 10.6 Å². The highest BCUT2D eigenvalue weighted by atomic mass is 16.5. The minimum absolute atomic E-state index is 0.353. The lowest BCUT2D eigenvalue weighted by Crippen LogP contribution is -2.13. The molecule has 0 aromatic carbocycles. The van der Waals surface area contributed by atoms with Crippen molar-refractivity contribution in [2.75, 3.05) is 11.9 Å². The number of aromatic nitrogens is 4. The van der Waals surface area contributed by atoms with E-state index in [-0.39, 0.29) is 0 Å². The number of hydrogen-bond donors (Lipinski definition) is 2. The summed E-state index contributed by atoms with van der Waals surface area (Å²) in [5.41, 5.74) is 0. The number of anilines is 1. The zero-order chi connectivity index (χ0) is 12.8. The average Bonchev–Trinajstić information content (AvgIpc) is 2.96. The second-order valence-electron chi connectivity index (χ2n) is 3.76. The van der Waals surface area contributed by atoms with Gasteiger partial charge in [0.15, 0.2) is 5.82 Å². The van der Waals surface area contributed by atoms with E-state index in [1.165, 1.54) is 0 Å². The monoisotopic (exact) mass is 252 g/mol. The van der Waals surface area contributed by atoms with Gasteiger partial charge < -0.3 is 19.6 Å². The number of aryl methyl sites for hydroxylation is 1. The number of rotatable bonds is 7. The maximum atomic E-state index is 5.38. The zero-order valence-corrected chi connectivity index (χ0v) is 10.4. The van der Waals surface area contributed by atoms with Crippen molar-refractivity contribution >= 4 is 6.01 Å². The molecular formula is C10H16N6O2. The molecule has 0 fully saturated rings. The van der Waals surface area contributed by atoms with Gasteiger partial charge in [-0.15, -0.1) is 5.10 Å². The highest BCUT2D eigenvalue weighted by Crippen LogP contribution is 2.06. The molecule has 0 saturated carbocycles. The van der Waals surface area contributed by atoms with Gasteiger partial charge in [-0.1, -0.05) is 17.2 Å². The topological polar surface area (TPSA) is 102 Å². The Morgan fingerprint density at radius 2 is 2.11 bits per heavy atom. The van der Waals surface area contributed by atoms with E-state index >= 15 is 0 Å². The average molecular weight is 252 g/mol. The van der Waals surface area contributed by atoms with Gasteiger partial charge in [0.25, 0.3) is 0 Å². The molecule has 0 aliphatic heterocycles. The van der Waals surface area contributed by atoms with E-state index in [2.05, 4.69) is 37.9 Å². The number of nitrogens with zero attached hydrogens (tertiary/aromatic N) is 4. The molecule has 0 amide bonds. The molecule has 18 heavy (non-hydrogen) atoms. The first-order valence-corrected chi connectivity index (χ1v) is 5.84. The predicted molar refractivity (Wildman–Crippen MR) is 62.7 cm³/mol. The first-order chi connectivity index (χ1) is 8.78. The van der Waals surface area contributed by atoms with Crippen LogP contribution in [0.4, 0.5) is 6.01 Å². The molecule has 0 saturated heterocycles. The molecule has 98 valence electrons. The summed E-state index contributed by atoms with van der Waals surface area (Å²) < 4.78 is 10.2. The van der Waals surface area contributed by atoms with Crippen LogP contribution in [0.2, 0.25) is 0 Å². The van der Waals surface area contributed by atoms with E-state index in [0.717, 1.165) is 13.0 Å². The van der Waals surface area contributed by atoms with Gasteiger partial charge in [0.2, 0.25) is 11.8 Å². The molecule has 0 aliphatic carbocycles. The van der Waals surface area contributed by atoms with Crippen LogP contribution in [0.15, 0.2) is 8.94 Å². The Morgan fingerprint density at radius 3 is 2.83 bits per heavy atom. The van der Waals surface area contributed by atoms with Gasteiger partial charge in [0, 0.05) is 6.92 Å². The maximum absolute atomic E-state index is 5.38. The molecule has 0 radical (unpaired) electrons. The van der Waals surface area contributed by atoms with Crippen LogP contribution in [0.5, 0.6) is 0 Å². The van der Waals surface area contributed by atoms with Gasteiger partial charge in [0.1, 0.15) is 0 Å². The normalized spacial score (nSPS) is 10.8. The molecule has 2 heterocycles. The molecule has 0 unspecified atom stereocenters. The summed E-state index contributed by atoms with van der Waals surface area (Å²) >= 11 is 0. The van der Waals surface area contributed by atoms with Gasteiger partial charge in [-0.25, -0.2) is 0 Å². The molecule has 2 aromatic heterocycles. The Morgan fingerprint density at radius 1 is 1.22 bits per heavy atom. The minimum atomic E-state index is 0.353. The highest BCUT2D eigenvalue weighted by molar-refractivity contribution is 5.17. The first kappa shape index (κ1) is 12.5. The van der Waals surface area contributed by atoms with Gasteiger partial charge in [-0.2, -0.15) is 4.98 Å². The fourth-order valence-electron chi connectivity index (χ4n) is 1.34. The highest BCUT2D eigenvalue weighted by Gasteiger charge is 2.07. The van der Waals surface area contributed by atoms with Crippen LogP contribution >= 0.6 is 0 Å². The van der Waals surface area contributed by atoms with Crippen molar-refractivity contribution in [2.45, 2.75) is 33.4 Å². The molecule has 0 atom stereocenters. The van der Waals surface area contributed by atoms with Gasteiger partial charge in [0.05, 0.1) is 13.1 Å². The van der Waals surface area contributed by atoms with E-state index in [1.54, 1.807) is 6.92 Å². The molecule has 8 nitrogen and oxygen atoms in total. The SMILES string of the molecule is CCCNCc1nnc(NCc2noc(C)n2)o1. The molecule has 0 aliphatic rings. The summed E-state index contributed by atoms with van der Waals surface area (Å²) in [6.45, 7) is 5.72. The van der Waals surface area contributed by atoms with Crippen molar-refractivity contribution in [3.05, 3.63) is 17.6 Å². The largest absolute Gasteiger partial charge is 0.407 e. The summed E-state index contributed by atoms with van der Waals surface area (Å²) in [4.78, 5) is 4.05. The van der Waals surface area contributed by atoms with Crippen molar-refractivity contribution in [2.24, 2.45) is 0 Å². The van der Waals surface area contributed by atoms with Crippen molar-refractivity contribution in [3.63, 3.8) is 0 Å². The van der Waals surface area contributed by atoms with Crippen molar-refractivity contribution < 1.29 is 8.94 Å². The fraction of sp³-hybridized carbons (Fsp3) is 0.600. The van der Waals surface area contributed by atoms with Crippen LogP contribution in [0.3, 0.4) is 0 Å². The molecule has 8 heteroatoms. The summed E-state index contributed by atoms with van der Waals surface area (Å²) in [6.07, 6.45) is 1.07. The van der Waals surface area contributed by atoms with Crippen molar-refractivity contribution in [1.29, 1.82) is 0 Å². The summed E-state index contributed by atoms with van der Waals surface area (Å²) in [6, 6.07) is 0.353. The molecular weight excluding hydrogens is 236 g/mol. The van der Waals surface area contributed by atoms with E-state index < -0.39 is 0 Å². The van der Waals surface area contributed by atoms with Crippen LogP contribution in [0.1, 0.15) is 31.0 Å². The summed E-state index contributed by atoms with van der Waals surface area (Å²) in [7, 11) is 0. The zero-order valence-electron chi connectivity index (χ0n) is 10.4.